The molecule has 3 aliphatic carbocycles. The fourth-order valence-corrected chi connectivity index (χ4v) is 6.04. The van der Waals surface area contributed by atoms with Gasteiger partial charge in [-0.1, -0.05) is 42.0 Å². The van der Waals surface area contributed by atoms with E-state index in [0.717, 1.165) is 18.4 Å². The van der Waals surface area contributed by atoms with Gasteiger partial charge in [-0.15, -0.1) is 0 Å². The number of rotatable bonds is 14. The van der Waals surface area contributed by atoms with Crippen molar-refractivity contribution in [2.24, 2.45) is 0 Å². The van der Waals surface area contributed by atoms with Crippen LogP contribution in [0.25, 0.3) is 0 Å². The Balaban J connectivity index is 1.15. The largest absolute Gasteiger partial charge is 0.454 e. The number of carbonyl (C=O) groups excluding carboxylic acids is 2. The van der Waals surface area contributed by atoms with E-state index in [1.165, 1.54) is 0 Å². The van der Waals surface area contributed by atoms with Crippen molar-refractivity contribution in [1.29, 1.82) is 0 Å². The fourth-order valence-electron chi connectivity index (χ4n) is 4.57. The summed E-state index contributed by atoms with van der Waals surface area (Å²) < 4.78 is 69.1. The van der Waals surface area contributed by atoms with Crippen molar-refractivity contribution in [2.45, 2.75) is 68.0 Å². The molecule has 0 bridgehead atoms. The molecule has 242 valence electrons. The summed E-state index contributed by atoms with van der Waals surface area (Å²) >= 11 is 6.01. The lowest BCUT2D eigenvalue weighted by atomic mass is 10.0. The van der Waals surface area contributed by atoms with Crippen molar-refractivity contribution in [3.8, 4) is 6.01 Å². The highest BCUT2D eigenvalue weighted by Crippen LogP contribution is 2.48. The molecule has 17 heteroatoms. The van der Waals surface area contributed by atoms with E-state index in [2.05, 4.69) is 30.9 Å². The Kier molecular flexibility index (Phi) is 9.53. The Morgan fingerprint density at radius 1 is 1.07 bits per heavy atom. The summed E-state index contributed by atoms with van der Waals surface area (Å²) in [4.78, 5) is 36.8. The average Bonchev–Trinajstić information content (AvgIpc) is 3.90. The summed E-state index contributed by atoms with van der Waals surface area (Å²) in [5.41, 5.74) is 0.799. The summed E-state index contributed by atoms with van der Waals surface area (Å²) in [5.74, 6) is -0.967. The maximum Gasteiger partial charge on any atom is 0.422 e. The van der Waals surface area contributed by atoms with Crippen LogP contribution in [0.2, 0.25) is 5.02 Å². The smallest absolute Gasteiger partial charge is 0.422 e. The standard InChI is InChI=1S/C28H31ClF3N7O5S/c29-19-7-5-18(6-8-19)27(13-14-27)38-25-35-24(36-26(37-25)44-16-28(30,31)32)34-20-9-3-17(4-10-20)23(41)33-15-1-2-22(40)39-45(42,43)21-11-12-21/h3-9,20-21H,1-2,10-16H2,(H,33,41)(H,39,40)(H2,34,35,36,37,38). The third-order valence-electron chi connectivity index (χ3n) is 7.24. The normalized spacial score (nSPS) is 18.8. The first-order chi connectivity index (χ1) is 21.3. The summed E-state index contributed by atoms with van der Waals surface area (Å²) in [5, 5.41) is 9.01. The zero-order valence-electron chi connectivity index (χ0n) is 23.9. The van der Waals surface area contributed by atoms with E-state index < -0.39 is 51.6 Å². The SMILES string of the molecule is O=C(CCCNC(=O)C1=CCC(Nc2nc(NC3(c4ccc(Cl)cc4)CC3)nc(OCC(F)(F)F)n2)C=C1)NS(=O)(=O)C1CC1. The Morgan fingerprint density at radius 3 is 2.40 bits per heavy atom. The second-order valence-corrected chi connectivity index (χ2v) is 13.4. The Hall–Kier alpha value is -3.92. The number of carbonyl (C=O) groups is 2. The van der Waals surface area contributed by atoms with E-state index in [1.54, 1.807) is 30.4 Å². The van der Waals surface area contributed by atoms with Gasteiger partial charge in [-0.25, -0.2) is 8.42 Å². The Morgan fingerprint density at radius 2 is 1.78 bits per heavy atom. The van der Waals surface area contributed by atoms with E-state index in [9.17, 15) is 31.2 Å². The number of hydrogen-bond acceptors (Lipinski definition) is 10. The number of amides is 2. The number of alkyl halides is 3. The highest BCUT2D eigenvalue weighted by Gasteiger charge is 2.45. The first-order valence-electron chi connectivity index (χ1n) is 14.3. The van der Waals surface area contributed by atoms with Gasteiger partial charge in [-0.3, -0.25) is 14.3 Å². The van der Waals surface area contributed by atoms with E-state index in [1.807, 2.05) is 16.9 Å². The number of sulfonamides is 1. The third kappa shape index (κ3) is 9.29. The molecule has 2 fully saturated rings. The molecule has 3 aliphatic rings. The lowest BCUT2D eigenvalue weighted by Crippen LogP contribution is -2.34. The van der Waals surface area contributed by atoms with Crippen LogP contribution in [0.5, 0.6) is 6.01 Å². The molecule has 0 radical (unpaired) electrons. The van der Waals surface area contributed by atoms with Crippen LogP contribution in [0.15, 0.2) is 48.1 Å². The third-order valence-corrected chi connectivity index (χ3v) is 9.35. The van der Waals surface area contributed by atoms with Crippen LogP contribution in [0.3, 0.4) is 0 Å². The molecule has 1 unspecified atom stereocenters. The summed E-state index contributed by atoms with van der Waals surface area (Å²) in [6.07, 6.45) is 3.48. The van der Waals surface area contributed by atoms with Crippen molar-refractivity contribution in [3.63, 3.8) is 0 Å². The highest BCUT2D eigenvalue weighted by molar-refractivity contribution is 7.90. The number of anilines is 2. The number of halogens is 4. The highest BCUT2D eigenvalue weighted by atomic mass is 35.5. The van der Waals surface area contributed by atoms with Gasteiger partial charge in [-0.2, -0.15) is 28.1 Å². The lowest BCUT2D eigenvalue weighted by Gasteiger charge is -2.21. The molecule has 5 rings (SSSR count). The number of nitrogens with zero attached hydrogens (tertiary/aromatic N) is 3. The van der Waals surface area contributed by atoms with Gasteiger partial charge < -0.3 is 20.7 Å². The van der Waals surface area contributed by atoms with Gasteiger partial charge in [-0.05, 0) is 56.2 Å². The van der Waals surface area contributed by atoms with Crippen LogP contribution in [-0.4, -0.2) is 65.8 Å². The molecule has 45 heavy (non-hydrogen) atoms. The van der Waals surface area contributed by atoms with E-state index in [-0.39, 0.29) is 37.2 Å². The van der Waals surface area contributed by atoms with Crippen molar-refractivity contribution < 1.29 is 35.9 Å². The molecule has 1 aromatic carbocycles. The van der Waals surface area contributed by atoms with Crippen LogP contribution in [0, 0.1) is 0 Å². The van der Waals surface area contributed by atoms with Crippen LogP contribution < -0.4 is 25.4 Å². The minimum absolute atomic E-state index is 0.0190. The van der Waals surface area contributed by atoms with E-state index in [0.29, 0.717) is 29.9 Å². The molecule has 1 heterocycles. The summed E-state index contributed by atoms with van der Waals surface area (Å²) in [6.45, 7) is -1.41. The predicted octanol–water partition coefficient (Wildman–Crippen LogP) is 3.74. The molecule has 4 N–H and O–H groups in total. The minimum Gasteiger partial charge on any atom is -0.454 e. The van der Waals surface area contributed by atoms with Crippen LogP contribution >= 0.6 is 11.6 Å². The predicted molar refractivity (Wildman–Crippen MR) is 159 cm³/mol. The Bertz CT molecular complexity index is 1590. The second-order valence-electron chi connectivity index (χ2n) is 11.0. The van der Waals surface area contributed by atoms with Crippen molar-refractivity contribution in [3.05, 3.63) is 58.7 Å². The van der Waals surface area contributed by atoms with Gasteiger partial charge >= 0.3 is 12.2 Å². The average molecular weight is 670 g/mol. The molecule has 2 aromatic rings. The van der Waals surface area contributed by atoms with Crippen molar-refractivity contribution in [2.75, 3.05) is 23.8 Å². The summed E-state index contributed by atoms with van der Waals surface area (Å²) in [6, 6.07) is 6.31. The number of hydrogen-bond donors (Lipinski definition) is 4. The van der Waals surface area contributed by atoms with Crippen molar-refractivity contribution in [1.82, 2.24) is 25.0 Å². The first-order valence-corrected chi connectivity index (χ1v) is 16.2. The topological polar surface area (TPSA) is 164 Å². The molecular formula is C28H31ClF3N7O5S. The molecule has 0 saturated heterocycles. The zero-order chi connectivity index (χ0) is 32.2. The van der Waals surface area contributed by atoms with Gasteiger partial charge in [0.15, 0.2) is 6.61 Å². The first kappa shape index (κ1) is 32.5. The van der Waals surface area contributed by atoms with Crippen LogP contribution in [-0.2, 0) is 25.2 Å². The number of nitrogens with one attached hydrogen (secondary N) is 4. The number of benzene rings is 1. The van der Waals surface area contributed by atoms with Gasteiger partial charge in [0.05, 0.1) is 16.8 Å². The molecule has 1 aromatic heterocycles. The second kappa shape index (κ2) is 13.2. The van der Waals surface area contributed by atoms with Crippen LogP contribution in [0.1, 0.15) is 50.5 Å². The van der Waals surface area contributed by atoms with Crippen LogP contribution in [0.4, 0.5) is 25.1 Å². The molecule has 2 amide bonds. The van der Waals surface area contributed by atoms with E-state index >= 15 is 0 Å². The van der Waals surface area contributed by atoms with Gasteiger partial charge in [0, 0.05) is 23.6 Å². The zero-order valence-corrected chi connectivity index (χ0v) is 25.4. The number of aromatic nitrogens is 3. The molecule has 12 nitrogen and oxygen atoms in total. The molecule has 1 atom stereocenters. The monoisotopic (exact) mass is 669 g/mol. The van der Waals surface area contributed by atoms with Gasteiger partial charge in [0.2, 0.25) is 27.8 Å². The van der Waals surface area contributed by atoms with Crippen molar-refractivity contribution >= 4 is 45.3 Å². The van der Waals surface area contributed by atoms with E-state index in [4.69, 9.17) is 16.3 Å². The lowest BCUT2D eigenvalue weighted by molar-refractivity contribution is -0.154. The molecule has 2 saturated carbocycles. The molecule has 0 spiro atoms. The minimum atomic E-state index is -4.59. The maximum atomic E-state index is 12.8. The Labute approximate surface area is 262 Å². The quantitative estimate of drug-likeness (QED) is 0.218. The molecular weight excluding hydrogens is 639 g/mol. The maximum absolute atomic E-state index is 12.8. The summed E-state index contributed by atoms with van der Waals surface area (Å²) in [7, 11) is -3.60. The van der Waals surface area contributed by atoms with Gasteiger partial charge in [0.25, 0.3) is 5.91 Å². The fraction of sp³-hybridized carbons (Fsp3) is 0.464. The van der Waals surface area contributed by atoms with Gasteiger partial charge in [0.1, 0.15) is 0 Å². The number of ether oxygens (including phenoxy) is 1. The molecule has 0 aliphatic heterocycles.